The van der Waals surface area contributed by atoms with Crippen molar-refractivity contribution in [3.63, 3.8) is 0 Å². The second-order valence-electron chi connectivity index (χ2n) is 6.50. The summed E-state index contributed by atoms with van der Waals surface area (Å²) < 4.78 is 0.526. The first-order chi connectivity index (χ1) is 11.3. The van der Waals surface area contributed by atoms with Crippen molar-refractivity contribution in [2.24, 2.45) is 5.16 Å². The minimum atomic E-state index is -0.967. The highest BCUT2D eigenvalue weighted by Crippen LogP contribution is 2.22. The highest BCUT2D eigenvalue weighted by molar-refractivity contribution is 9.10. The average molecular weight is 390 g/mol. The summed E-state index contributed by atoms with van der Waals surface area (Å²) in [6.45, 7) is 6.79. The Bertz CT molecular complexity index is 746. The van der Waals surface area contributed by atoms with Crippen molar-refractivity contribution in [2.75, 3.05) is 0 Å². The number of halogens is 1. The lowest BCUT2D eigenvalue weighted by molar-refractivity contribution is 0.0695. The van der Waals surface area contributed by atoms with Crippen LogP contribution in [-0.4, -0.2) is 17.3 Å². The summed E-state index contributed by atoms with van der Waals surface area (Å²) in [5.74, 6) is -0.967. The Morgan fingerprint density at radius 1 is 1.21 bits per heavy atom. The molecule has 2 aromatic rings. The lowest BCUT2D eigenvalue weighted by Gasteiger charge is -2.18. The van der Waals surface area contributed by atoms with E-state index >= 15 is 0 Å². The summed E-state index contributed by atoms with van der Waals surface area (Å²) in [5, 5.41) is 12.9. The Hall–Kier alpha value is -2.14. The van der Waals surface area contributed by atoms with Crippen molar-refractivity contribution < 1.29 is 14.7 Å². The standard InChI is InChI=1S/C19H20BrNO3/c1-19(2,3)15-7-4-13(5-8-15)11-21-24-12-14-6-9-16(18(22)23)17(20)10-14/h4-11H,12H2,1-3H3,(H,22,23)/b21-11-. The molecule has 0 aliphatic heterocycles. The maximum absolute atomic E-state index is 11.0. The molecule has 0 spiro atoms. The Morgan fingerprint density at radius 3 is 2.42 bits per heavy atom. The normalized spacial score (nSPS) is 11.7. The van der Waals surface area contributed by atoms with E-state index in [1.165, 1.54) is 5.56 Å². The van der Waals surface area contributed by atoms with Crippen molar-refractivity contribution in [2.45, 2.75) is 32.8 Å². The molecule has 0 radical (unpaired) electrons. The van der Waals surface area contributed by atoms with E-state index in [1.807, 2.05) is 12.1 Å². The molecule has 0 saturated heterocycles. The monoisotopic (exact) mass is 389 g/mol. The first-order valence-electron chi connectivity index (χ1n) is 7.55. The minimum Gasteiger partial charge on any atom is -0.478 e. The fourth-order valence-corrected chi connectivity index (χ4v) is 2.70. The third-order valence-corrected chi connectivity index (χ3v) is 4.20. The fourth-order valence-electron chi connectivity index (χ4n) is 2.10. The number of carboxylic acid groups (broad SMARTS) is 1. The average Bonchev–Trinajstić information content (AvgIpc) is 2.51. The van der Waals surface area contributed by atoms with E-state index in [-0.39, 0.29) is 17.6 Å². The molecule has 0 fully saturated rings. The quantitative estimate of drug-likeness (QED) is 0.578. The maximum Gasteiger partial charge on any atom is 0.336 e. The van der Waals surface area contributed by atoms with Gasteiger partial charge in [0, 0.05) is 4.47 Å². The zero-order valence-corrected chi connectivity index (χ0v) is 15.5. The summed E-state index contributed by atoms with van der Waals surface area (Å²) in [5.41, 5.74) is 3.42. The molecule has 2 aromatic carbocycles. The largest absolute Gasteiger partial charge is 0.478 e. The topological polar surface area (TPSA) is 58.9 Å². The second kappa shape index (κ2) is 7.62. The van der Waals surface area contributed by atoms with Crippen LogP contribution in [0.1, 0.15) is 47.8 Å². The van der Waals surface area contributed by atoms with Gasteiger partial charge in [0.15, 0.2) is 0 Å². The van der Waals surface area contributed by atoms with E-state index in [2.05, 4.69) is 54.0 Å². The van der Waals surface area contributed by atoms with Gasteiger partial charge in [-0.15, -0.1) is 0 Å². The van der Waals surface area contributed by atoms with Crippen LogP contribution in [0, 0.1) is 0 Å². The van der Waals surface area contributed by atoms with Gasteiger partial charge in [0.2, 0.25) is 0 Å². The SMILES string of the molecule is CC(C)(C)c1ccc(/C=N\OCc2ccc(C(=O)O)c(Br)c2)cc1. The van der Waals surface area contributed by atoms with Gasteiger partial charge in [-0.1, -0.05) is 56.3 Å². The summed E-state index contributed by atoms with van der Waals surface area (Å²) in [7, 11) is 0. The Kier molecular flexibility index (Phi) is 5.78. The van der Waals surface area contributed by atoms with Crippen molar-refractivity contribution in [1.82, 2.24) is 0 Å². The summed E-state index contributed by atoms with van der Waals surface area (Å²) >= 11 is 3.24. The number of hydrogen-bond donors (Lipinski definition) is 1. The fraction of sp³-hybridized carbons (Fsp3) is 0.263. The van der Waals surface area contributed by atoms with Gasteiger partial charge in [-0.05, 0) is 50.2 Å². The zero-order valence-electron chi connectivity index (χ0n) is 13.9. The third kappa shape index (κ3) is 4.93. The molecule has 126 valence electrons. The van der Waals surface area contributed by atoms with Crippen LogP contribution in [0.4, 0.5) is 0 Å². The second-order valence-corrected chi connectivity index (χ2v) is 7.35. The number of carboxylic acids is 1. The van der Waals surface area contributed by atoms with Crippen LogP contribution in [0.15, 0.2) is 52.1 Å². The Labute approximate surface area is 150 Å². The van der Waals surface area contributed by atoms with Crippen LogP contribution in [0.2, 0.25) is 0 Å². The molecule has 0 atom stereocenters. The van der Waals surface area contributed by atoms with Crippen LogP contribution in [0.25, 0.3) is 0 Å². The van der Waals surface area contributed by atoms with E-state index in [9.17, 15) is 4.79 Å². The lowest BCUT2D eigenvalue weighted by Crippen LogP contribution is -2.10. The number of aromatic carboxylic acids is 1. The predicted molar refractivity (Wildman–Crippen MR) is 98.6 cm³/mol. The van der Waals surface area contributed by atoms with Crippen LogP contribution in [-0.2, 0) is 16.9 Å². The first kappa shape index (κ1) is 18.2. The number of hydrogen-bond acceptors (Lipinski definition) is 3. The molecule has 0 unspecified atom stereocenters. The van der Waals surface area contributed by atoms with Gasteiger partial charge in [-0.25, -0.2) is 4.79 Å². The van der Waals surface area contributed by atoms with E-state index in [0.717, 1.165) is 11.1 Å². The molecule has 2 rings (SSSR count). The molecule has 24 heavy (non-hydrogen) atoms. The van der Waals surface area contributed by atoms with Crippen LogP contribution in [0.5, 0.6) is 0 Å². The number of benzene rings is 2. The molecule has 0 aliphatic rings. The van der Waals surface area contributed by atoms with Gasteiger partial charge < -0.3 is 9.94 Å². The van der Waals surface area contributed by atoms with Gasteiger partial charge in [0.25, 0.3) is 0 Å². The van der Waals surface area contributed by atoms with E-state index in [4.69, 9.17) is 9.94 Å². The molecule has 4 nitrogen and oxygen atoms in total. The summed E-state index contributed by atoms with van der Waals surface area (Å²) in [6.07, 6.45) is 1.66. The van der Waals surface area contributed by atoms with E-state index < -0.39 is 5.97 Å². The van der Waals surface area contributed by atoms with Gasteiger partial charge >= 0.3 is 5.97 Å². The van der Waals surface area contributed by atoms with E-state index in [1.54, 1.807) is 24.4 Å². The van der Waals surface area contributed by atoms with Gasteiger partial charge in [-0.3, -0.25) is 0 Å². The molecular formula is C19H20BrNO3. The van der Waals surface area contributed by atoms with Gasteiger partial charge in [0.05, 0.1) is 11.8 Å². The van der Waals surface area contributed by atoms with Crippen molar-refractivity contribution >= 4 is 28.1 Å². The molecule has 0 bridgehead atoms. The van der Waals surface area contributed by atoms with E-state index in [0.29, 0.717) is 4.47 Å². The van der Waals surface area contributed by atoms with Gasteiger partial charge in [-0.2, -0.15) is 0 Å². The lowest BCUT2D eigenvalue weighted by atomic mass is 9.87. The molecule has 1 N–H and O–H groups in total. The molecule has 0 aliphatic carbocycles. The molecule has 0 aromatic heterocycles. The van der Waals surface area contributed by atoms with Crippen molar-refractivity contribution in [1.29, 1.82) is 0 Å². The van der Waals surface area contributed by atoms with Crippen LogP contribution < -0.4 is 0 Å². The zero-order chi connectivity index (χ0) is 17.7. The number of nitrogens with zero attached hydrogens (tertiary/aromatic N) is 1. The summed E-state index contributed by atoms with van der Waals surface area (Å²) in [4.78, 5) is 16.2. The van der Waals surface area contributed by atoms with Crippen LogP contribution in [0.3, 0.4) is 0 Å². The first-order valence-corrected chi connectivity index (χ1v) is 8.34. The number of oxime groups is 1. The smallest absolute Gasteiger partial charge is 0.336 e. The van der Waals surface area contributed by atoms with Crippen molar-refractivity contribution in [3.8, 4) is 0 Å². The van der Waals surface area contributed by atoms with Crippen molar-refractivity contribution in [3.05, 3.63) is 69.2 Å². The highest BCUT2D eigenvalue weighted by atomic mass is 79.9. The summed E-state index contributed by atoms with van der Waals surface area (Å²) in [6, 6.07) is 13.2. The van der Waals surface area contributed by atoms with Crippen LogP contribution >= 0.6 is 15.9 Å². The highest BCUT2D eigenvalue weighted by Gasteiger charge is 2.12. The van der Waals surface area contributed by atoms with Gasteiger partial charge in [0.1, 0.15) is 6.61 Å². The predicted octanol–water partition coefficient (Wildman–Crippen LogP) is 5.00. The molecule has 0 amide bonds. The number of carbonyl (C=O) groups is 1. The molecular weight excluding hydrogens is 370 g/mol. The molecule has 0 saturated carbocycles. The molecule has 5 heteroatoms. The molecule has 0 heterocycles. The maximum atomic E-state index is 11.0. The third-order valence-electron chi connectivity index (χ3n) is 3.55. The Morgan fingerprint density at radius 2 is 1.88 bits per heavy atom. The Balaban J connectivity index is 1.93. The minimum absolute atomic E-state index is 0.127. The number of rotatable bonds is 5.